The zero-order valence-corrected chi connectivity index (χ0v) is 17.1. The maximum absolute atomic E-state index is 12.7. The number of amides is 3. The SMILES string of the molecule is Cc1nc(NC(=O)c2ccc3c(c2)CCCC(=O)N3)sc1C(=O)Nc1ccccc1. The van der Waals surface area contributed by atoms with E-state index in [0.29, 0.717) is 33.4 Å². The van der Waals surface area contributed by atoms with Crippen LogP contribution < -0.4 is 16.0 Å². The fraction of sp³-hybridized carbons (Fsp3) is 0.182. The van der Waals surface area contributed by atoms with Crippen molar-refractivity contribution >= 4 is 45.6 Å². The van der Waals surface area contributed by atoms with Gasteiger partial charge in [0.2, 0.25) is 5.91 Å². The van der Waals surface area contributed by atoms with Crippen LogP contribution in [-0.4, -0.2) is 22.7 Å². The van der Waals surface area contributed by atoms with Gasteiger partial charge in [-0.1, -0.05) is 29.5 Å². The Morgan fingerprint density at radius 1 is 1.03 bits per heavy atom. The molecule has 152 valence electrons. The predicted octanol–water partition coefficient (Wildman–Crippen LogP) is 4.23. The monoisotopic (exact) mass is 420 g/mol. The van der Waals surface area contributed by atoms with Gasteiger partial charge in [-0.25, -0.2) is 4.98 Å². The van der Waals surface area contributed by atoms with Crippen molar-refractivity contribution < 1.29 is 14.4 Å². The largest absolute Gasteiger partial charge is 0.326 e. The summed E-state index contributed by atoms with van der Waals surface area (Å²) in [6.45, 7) is 1.73. The molecule has 3 aromatic rings. The first kappa shape index (κ1) is 19.8. The van der Waals surface area contributed by atoms with Crippen molar-refractivity contribution in [3.05, 3.63) is 70.2 Å². The lowest BCUT2D eigenvalue weighted by Gasteiger charge is -2.09. The van der Waals surface area contributed by atoms with Crippen LogP contribution in [0.2, 0.25) is 0 Å². The van der Waals surface area contributed by atoms with Gasteiger partial charge in [0.15, 0.2) is 5.13 Å². The molecule has 0 saturated heterocycles. The van der Waals surface area contributed by atoms with Gasteiger partial charge in [-0.3, -0.25) is 19.7 Å². The highest BCUT2D eigenvalue weighted by atomic mass is 32.1. The van der Waals surface area contributed by atoms with Crippen LogP contribution in [0.5, 0.6) is 0 Å². The van der Waals surface area contributed by atoms with Gasteiger partial charge in [-0.15, -0.1) is 0 Å². The molecule has 30 heavy (non-hydrogen) atoms. The summed E-state index contributed by atoms with van der Waals surface area (Å²) >= 11 is 1.13. The summed E-state index contributed by atoms with van der Waals surface area (Å²) in [6, 6.07) is 14.4. The average Bonchev–Trinajstić information content (AvgIpc) is 2.98. The van der Waals surface area contributed by atoms with Crippen LogP contribution in [0.3, 0.4) is 0 Å². The predicted molar refractivity (Wildman–Crippen MR) is 117 cm³/mol. The molecular formula is C22H20N4O3S. The highest BCUT2D eigenvalue weighted by molar-refractivity contribution is 7.17. The fourth-order valence-electron chi connectivity index (χ4n) is 3.26. The number of nitrogens with one attached hydrogen (secondary N) is 3. The van der Waals surface area contributed by atoms with E-state index in [-0.39, 0.29) is 17.7 Å². The second-order valence-electron chi connectivity index (χ2n) is 6.98. The second-order valence-corrected chi connectivity index (χ2v) is 7.98. The first-order valence-electron chi connectivity index (χ1n) is 9.57. The Bertz CT molecular complexity index is 1120. The number of carbonyl (C=O) groups is 3. The van der Waals surface area contributed by atoms with Crippen LogP contribution in [-0.2, 0) is 11.2 Å². The summed E-state index contributed by atoms with van der Waals surface area (Å²) in [7, 11) is 0. The summed E-state index contributed by atoms with van der Waals surface area (Å²) < 4.78 is 0. The van der Waals surface area contributed by atoms with E-state index in [4.69, 9.17) is 0 Å². The van der Waals surface area contributed by atoms with Crippen LogP contribution in [0, 0.1) is 6.92 Å². The molecule has 3 amide bonds. The minimum Gasteiger partial charge on any atom is -0.326 e. The van der Waals surface area contributed by atoms with Crippen molar-refractivity contribution in [2.24, 2.45) is 0 Å². The number of aryl methyl sites for hydroxylation is 2. The number of fused-ring (bicyclic) bond motifs is 1. The Balaban J connectivity index is 1.48. The van der Waals surface area contributed by atoms with E-state index in [0.717, 1.165) is 35.4 Å². The topological polar surface area (TPSA) is 100 Å². The van der Waals surface area contributed by atoms with E-state index >= 15 is 0 Å². The summed E-state index contributed by atoms with van der Waals surface area (Å²) in [4.78, 5) is 41.7. The zero-order chi connectivity index (χ0) is 21.1. The number of para-hydroxylation sites is 1. The molecule has 1 aliphatic rings. The third-order valence-electron chi connectivity index (χ3n) is 4.75. The summed E-state index contributed by atoms with van der Waals surface area (Å²) in [5.74, 6) is -0.583. The molecule has 1 aromatic heterocycles. The molecule has 1 aliphatic heterocycles. The van der Waals surface area contributed by atoms with E-state index in [1.807, 2.05) is 18.2 Å². The van der Waals surface area contributed by atoms with Crippen molar-refractivity contribution in [2.75, 3.05) is 16.0 Å². The Kier molecular flexibility index (Phi) is 5.58. The quantitative estimate of drug-likeness (QED) is 0.588. The average molecular weight is 420 g/mol. The molecule has 7 nitrogen and oxygen atoms in total. The number of aromatic nitrogens is 1. The minimum atomic E-state index is -0.308. The molecule has 0 bridgehead atoms. The molecule has 4 rings (SSSR count). The van der Waals surface area contributed by atoms with Gasteiger partial charge >= 0.3 is 0 Å². The number of carbonyl (C=O) groups excluding carboxylic acids is 3. The molecule has 2 heterocycles. The van der Waals surface area contributed by atoms with Crippen LogP contribution in [0.15, 0.2) is 48.5 Å². The van der Waals surface area contributed by atoms with E-state index in [1.54, 1.807) is 37.3 Å². The Morgan fingerprint density at radius 3 is 2.63 bits per heavy atom. The van der Waals surface area contributed by atoms with Gasteiger partial charge in [-0.2, -0.15) is 0 Å². The highest BCUT2D eigenvalue weighted by Crippen LogP contribution is 2.26. The van der Waals surface area contributed by atoms with Crippen molar-refractivity contribution in [3.63, 3.8) is 0 Å². The molecule has 0 radical (unpaired) electrons. The lowest BCUT2D eigenvalue weighted by atomic mass is 10.0. The molecule has 3 N–H and O–H groups in total. The van der Waals surface area contributed by atoms with E-state index in [1.165, 1.54) is 0 Å². The van der Waals surface area contributed by atoms with Crippen LogP contribution in [0.1, 0.15) is 44.1 Å². The molecule has 0 aliphatic carbocycles. The third-order valence-corrected chi connectivity index (χ3v) is 5.82. The second kappa shape index (κ2) is 8.46. The van der Waals surface area contributed by atoms with Gasteiger partial charge in [0.05, 0.1) is 5.69 Å². The molecule has 0 fully saturated rings. The maximum Gasteiger partial charge on any atom is 0.267 e. The van der Waals surface area contributed by atoms with Gasteiger partial charge < -0.3 is 10.6 Å². The number of nitrogens with zero attached hydrogens (tertiary/aromatic N) is 1. The molecule has 8 heteroatoms. The third kappa shape index (κ3) is 4.38. The molecule has 0 unspecified atom stereocenters. The number of benzene rings is 2. The minimum absolute atomic E-state index is 0.00878. The number of hydrogen-bond donors (Lipinski definition) is 3. The normalized spacial score (nSPS) is 13.0. The Labute approximate surface area is 177 Å². The van der Waals surface area contributed by atoms with Crippen LogP contribution in [0.25, 0.3) is 0 Å². The lowest BCUT2D eigenvalue weighted by Crippen LogP contribution is -2.13. The van der Waals surface area contributed by atoms with Crippen molar-refractivity contribution in [1.82, 2.24) is 4.98 Å². The summed E-state index contributed by atoms with van der Waals surface area (Å²) in [5.41, 5.74) is 3.41. The number of hydrogen-bond acceptors (Lipinski definition) is 5. The lowest BCUT2D eigenvalue weighted by molar-refractivity contribution is -0.116. The van der Waals surface area contributed by atoms with E-state index < -0.39 is 0 Å². The highest BCUT2D eigenvalue weighted by Gasteiger charge is 2.19. The van der Waals surface area contributed by atoms with Crippen molar-refractivity contribution in [2.45, 2.75) is 26.2 Å². The summed E-state index contributed by atoms with van der Waals surface area (Å²) in [5, 5.41) is 8.81. The first-order valence-corrected chi connectivity index (χ1v) is 10.4. The Hall–Kier alpha value is -3.52. The van der Waals surface area contributed by atoms with Crippen molar-refractivity contribution in [3.8, 4) is 0 Å². The first-order chi connectivity index (χ1) is 14.5. The van der Waals surface area contributed by atoms with Crippen LogP contribution >= 0.6 is 11.3 Å². The standard InChI is InChI=1S/C22H20N4O3S/c1-13-19(21(29)24-16-7-3-2-4-8-16)30-22(23-13)26-20(28)15-10-11-17-14(12-15)6-5-9-18(27)25-17/h2-4,7-8,10-12H,5-6,9H2,1H3,(H,24,29)(H,25,27)(H,23,26,28). The van der Waals surface area contributed by atoms with E-state index in [9.17, 15) is 14.4 Å². The number of anilines is 3. The molecule has 2 aromatic carbocycles. The molecular weight excluding hydrogens is 400 g/mol. The van der Waals surface area contributed by atoms with E-state index in [2.05, 4.69) is 20.9 Å². The van der Waals surface area contributed by atoms with Crippen molar-refractivity contribution in [1.29, 1.82) is 0 Å². The molecule has 0 saturated carbocycles. The van der Waals surface area contributed by atoms with Gasteiger partial charge in [0.25, 0.3) is 11.8 Å². The Morgan fingerprint density at radius 2 is 1.83 bits per heavy atom. The van der Waals surface area contributed by atoms with Gasteiger partial charge in [-0.05, 0) is 55.7 Å². The molecule has 0 atom stereocenters. The number of thiazole rings is 1. The molecule has 0 spiro atoms. The maximum atomic E-state index is 12.7. The fourth-order valence-corrected chi connectivity index (χ4v) is 4.11. The number of rotatable bonds is 4. The van der Waals surface area contributed by atoms with Crippen LogP contribution in [0.4, 0.5) is 16.5 Å². The summed E-state index contributed by atoms with van der Waals surface area (Å²) in [6.07, 6.45) is 1.95. The smallest absolute Gasteiger partial charge is 0.267 e. The van der Waals surface area contributed by atoms with Gasteiger partial charge in [0.1, 0.15) is 4.88 Å². The van der Waals surface area contributed by atoms with Gasteiger partial charge in [0, 0.05) is 23.4 Å². The zero-order valence-electron chi connectivity index (χ0n) is 16.3.